The van der Waals surface area contributed by atoms with Gasteiger partial charge < -0.3 is 9.05 Å². The fourth-order valence-corrected chi connectivity index (χ4v) is 3.77. The van der Waals surface area contributed by atoms with Gasteiger partial charge in [0.15, 0.2) is 0 Å². The SMILES string of the molecule is CC1(C)COP(OC(c2ccccc2)c2ccccc2)OC1. The third-order valence-corrected chi connectivity index (χ3v) is 4.58. The summed E-state index contributed by atoms with van der Waals surface area (Å²) in [5.41, 5.74) is 2.26. The molecule has 1 saturated heterocycles. The maximum Gasteiger partial charge on any atom is 0.333 e. The van der Waals surface area contributed by atoms with Crippen LogP contribution in [0.2, 0.25) is 0 Å². The van der Waals surface area contributed by atoms with E-state index >= 15 is 0 Å². The molecule has 0 bridgehead atoms. The fraction of sp³-hybridized carbons (Fsp3) is 0.333. The molecule has 0 atom stereocenters. The van der Waals surface area contributed by atoms with Crippen LogP contribution in [0.1, 0.15) is 31.1 Å². The molecule has 0 radical (unpaired) electrons. The van der Waals surface area contributed by atoms with Gasteiger partial charge in [-0.05, 0) is 11.1 Å². The van der Waals surface area contributed by atoms with Gasteiger partial charge in [-0.2, -0.15) is 0 Å². The van der Waals surface area contributed by atoms with E-state index in [1.165, 1.54) is 0 Å². The number of rotatable bonds is 4. The second-order valence-electron chi connectivity index (χ2n) is 6.24. The van der Waals surface area contributed by atoms with Crippen LogP contribution in [0.3, 0.4) is 0 Å². The summed E-state index contributed by atoms with van der Waals surface area (Å²) < 4.78 is 17.8. The quantitative estimate of drug-likeness (QED) is 0.735. The zero-order chi connectivity index (χ0) is 15.4. The Balaban J connectivity index is 1.78. The van der Waals surface area contributed by atoms with E-state index in [9.17, 15) is 0 Å². The summed E-state index contributed by atoms with van der Waals surface area (Å²) >= 11 is 0. The van der Waals surface area contributed by atoms with Gasteiger partial charge >= 0.3 is 8.60 Å². The highest BCUT2D eigenvalue weighted by atomic mass is 31.2. The summed E-state index contributed by atoms with van der Waals surface area (Å²) in [5.74, 6) is 0. The zero-order valence-corrected chi connectivity index (χ0v) is 13.8. The van der Waals surface area contributed by atoms with E-state index in [-0.39, 0.29) is 11.5 Å². The van der Waals surface area contributed by atoms with Crippen LogP contribution in [0.25, 0.3) is 0 Å². The van der Waals surface area contributed by atoms with Crippen molar-refractivity contribution in [1.29, 1.82) is 0 Å². The molecule has 1 aliphatic heterocycles. The first-order chi connectivity index (χ1) is 10.6. The van der Waals surface area contributed by atoms with E-state index in [4.69, 9.17) is 13.6 Å². The van der Waals surface area contributed by atoms with Gasteiger partial charge in [-0.15, -0.1) is 0 Å². The van der Waals surface area contributed by atoms with Crippen LogP contribution < -0.4 is 0 Å². The van der Waals surface area contributed by atoms with Crippen LogP contribution >= 0.6 is 8.60 Å². The Morgan fingerprint density at radius 1 is 0.864 bits per heavy atom. The van der Waals surface area contributed by atoms with Crippen molar-refractivity contribution in [2.75, 3.05) is 13.2 Å². The molecule has 0 aliphatic carbocycles. The number of hydrogen-bond acceptors (Lipinski definition) is 3. The normalized spacial score (nSPS) is 18.5. The molecule has 0 spiro atoms. The van der Waals surface area contributed by atoms with E-state index < -0.39 is 8.60 Å². The zero-order valence-electron chi connectivity index (χ0n) is 12.9. The second-order valence-corrected chi connectivity index (χ2v) is 7.42. The molecule has 2 aromatic rings. The minimum absolute atomic E-state index is 0.0528. The topological polar surface area (TPSA) is 27.7 Å². The Morgan fingerprint density at radius 2 is 1.32 bits per heavy atom. The minimum atomic E-state index is -1.32. The van der Waals surface area contributed by atoms with Crippen LogP contribution in [-0.2, 0) is 13.6 Å². The molecule has 0 N–H and O–H groups in total. The predicted octanol–water partition coefficient (Wildman–Crippen LogP) is 5.09. The molecule has 1 aliphatic rings. The molecular formula is C18H21O3P. The summed E-state index contributed by atoms with van der Waals surface area (Å²) in [6, 6.07) is 20.4. The Morgan fingerprint density at radius 3 is 1.77 bits per heavy atom. The van der Waals surface area contributed by atoms with E-state index in [2.05, 4.69) is 38.1 Å². The minimum Gasteiger partial charge on any atom is -0.312 e. The van der Waals surface area contributed by atoms with Crippen LogP contribution in [0.4, 0.5) is 0 Å². The largest absolute Gasteiger partial charge is 0.333 e. The molecule has 1 fully saturated rings. The molecular weight excluding hydrogens is 295 g/mol. The van der Waals surface area contributed by atoms with Gasteiger partial charge in [0, 0.05) is 5.41 Å². The van der Waals surface area contributed by atoms with Gasteiger partial charge in [-0.3, -0.25) is 4.52 Å². The average Bonchev–Trinajstić information content (AvgIpc) is 2.55. The van der Waals surface area contributed by atoms with Gasteiger partial charge in [0.1, 0.15) is 6.10 Å². The molecule has 0 saturated carbocycles. The Kier molecular flexibility index (Phi) is 4.90. The second kappa shape index (κ2) is 6.89. The lowest BCUT2D eigenvalue weighted by atomic mass is 9.97. The van der Waals surface area contributed by atoms with E-state index in [0.29, 0.717) is 13.2 Å². The third kappa shape index (κ3) is 3.93. The fourth-order valence-electron chi connectivity index (χ4n) is 2.25. The summed E-state index contributed by atoms with van der Waals surface area (Å²) in [4.78, 5) is 0. The van der Waals surface area contributed by atoms with Crippen molar-refractivity contribution >= 4 is 8.60 Å². The summed E-state index contributed by atoms with van der Waals surface area (Å²) in [6.07, 6.45) is -0.172. The Hall–Kier alpha value is -1.25. The highest BCUT2D eigenvalue weighted by Gasteiger charge is 2.32. The molecule has 22 heavy (non-hydrogen) atoms. The first kappa shape index (κ1) is 15.6. The van der Waals surface area contributed by atoms with Gasteiger partial charge in [-0.25, -0.2) is 0 Å². The molecule has 0 unspecified atom stereocenters. The molecule has 3 rings (SSSR count). The van der Waals surface area contributed by atoms with Crippen molar-refractivity contribution in [3.8, 4) is 0 Å². The highest BCUT2D eigenvalue weighted by Crippen LogP contribution is 2.51. The maximum absolute atomic E-state index is 6.18. The van der Waals surface area contributed by atoms with Crippen LogP contribution in [0.15, 0.2) is 60.7 Å². The van der Waals surface area contributed by atoms with Crippen molar-refractivity contribution in [3.05, 3.63) is 71.8 Å². The van der Waals surface area contributed by atoms with Gasteiger partial charge in [0.25, 0.3) is 0 Å². The lowest BCUT2D eigenvalue weighted by Gasteiger charge is -2.34. The highest BCUT2D eigenvalue weighted by molar-refractivity contribution is 7.41. The predicted molar refractivity (Wildman–Crippen MR) is 88.4 cm³/mol. The average molecular weight is 316 g/mol. The molecule has 116 valence electrons. The van der Waals surface area contributed by atoms with E-state index in [0.717, 1.165) is 11.1 Å². The Bertz CT molecular complexity index is 536. The van der Waals surface area contributed by atoms with Crippen molar-refractivity contribution < 1.29 is 13.6 Å². The standard InChI is InChI=1S/C18H21O3P/c1-18(2)13-19-22(20-14-18)21-17(15-9-5-3-6-10-15)16-11-7-4-8-12-16/h3-12,17H,13-14H2,1-2H3. The molecule has 0 aromatic heterocycles. The molecule has 4 heteroatoms. The van der Waals surface area contributed by atoms with Crippen molar-refractivity contribution in [3.63, 3.8) is 0 Å². The molecule has 2 aromatic carbocycles. The Labute approximate surface area is 133 Å². The number of benzene rings is 2. The number of hydrogen-bond donors (Lipinski definition) is 0. The molecule has 0 amide bonds. The van der Waals surface area contributed by atoms with Gasteiger partial charge in [-0.1, -0.05) is 74.5 Å². The lowest BCUT2D eigenvalue weighted by Crippen LogP contribution is -2.28. The van der Waals surface area contributed by atoms with Crippen molar-refractivity contribution in [2.24, 2.45) is 5.41 Å². The molecule has 3 nitrogen and oxygen atoms in total. The first-order valence-electron chi connectivity index (χ1n) is 7.47. The van der Waals surface area contributed by atoms with Gasteiger partial charge in [0.05, 0.1) is 13.2 Å². The monoisotopic (exact) mass is 316 g/mol. The molecule has 1 heterocycles. The van der Waals surface area contributed by atoms with Crippen molar-refractivity contribution in [1.82, 2.24) is 0 Å². The smallest absolute Gasteiger partial charge is 0.312 e. The third-order valence-electron chi connectivity index (χ3n) is 3.52. The first-order valence-corrected chi connectivity index (χ1v) is 8.56. The maximum atomic E-state index is 6.18. The lowest BCUT2D eigenvalue weighted by molar-refractivity contribution is 0.0200. The summed E-state index contributed by atoms with van der Waals surface area (Å²) in [6.45, 7) is 5.58. The summed E-state index contributed by atoms with van der Waals surface area (Å²) in [5, 5.41) is 0. The van der Waals surface area contributed by atoms with Crippen molar-refractivity contribution in [2.45, 2.75) is 20.0 Å². The van der Waals surface area contributed by atoms with Gasteiger partial charge in [0.2, 0.25) is 0 Å². The van der Waals surface area contributed by atoms with E-state index in [1.807, 2.05) is 36.4 Å². The van der Waals surface area contributed by atoms with Crippen LogP contribution in [-0.4, -0.2) is 13.2 Å². The van der Waals surface area contributed by atoms with E-state index in [1.54, 1.807) is 0 Å². The van der Waals surface area contributed by atoms with Crippen LogP contribution in [0.5, 0.6) is 0 Å². The van der Waals surface area contributed by atoms with Crippen LogP contribution in [0, 0.1) is 5.41 Å². The summed E-state index contributed by atoms with van der Waals surface area (Å²) in [7, 11) is -1.32.